The molecule has 0 radical (unpaired) electrons. The predicted molar refractivity (Wildman–Crippen MR) is 143 cm³/mol. The van der Waals surface area contributed by atoms with Crippen LogP contribution in [0.15, 0.2) is 0 Å². The molecule has 2 aliphatic heterocycles. The molecule has 2 rings (SSSR count). The van der Waals surface area contributed by atoms with Crippen LogP contribution in [0.1, 0.15) is 96.8 Å². The summed E-state index contributed by atoms with van der Waals surface area (Å²) in [5.74, 6) is -0.481. The zero-order chi connectivity index (χ0) is 29.5. The molecule has 12 heteroatoms. The molecule has 0 aliphatic carbocycles. The number of rotatable bonds is 19. The maximum atomic E-state index is 12.2. The van der Waals surface area contributed by atoms with E-state index in [2.05, 4.69) is 6.92 Å². The Kier molecular flexibility index (Phi) is 17.0. The van der Waals surface area contributed by atoms with Crippen LogP contribution < -0.4 is 0 Å². The molecule has 0 bridgehead atoms. The SMILES string of the molecule is CCCCCCCCCCCCCCCC(=O)OC[C@H]1O[C@H](O[C@@H]2O[C@H](CO)[C@H](O)[C@H](O)[C@H]2O)[C@@H](O)[C@@H](O)[C@@H]1O. The molecule has 12 nitrogen and oxygen atoms in total. The first-order valence-electron chi connectivity index (χ1n) is 15.0. The van der Waals surface area contributed by atoms with Gasteiger partial charge in [-0.25, -0.2) is 0 Å². The van der Waals surface area contributed by atoms with Gasteiger partial charge in [0.05, 0.1) is 6.61 Å². The van der Waals surface area contributed by atoms with E-state index in [1.807, 2.05) is 0 Å². The standard InChI is InChI=1S/C28H52O12/c1-2-3-4-5-6-7-8-9-10-11-12-13-14-15-20(30)37-17-19-22(32)24(34)26(36)28(39-19)40-27-25(35)23(33)21(31)18(16-29)38-27/h18-19,21-29,31-36H,2-17H2,1H3/t18-,19-,21+,22-,23+,24+,25-,26+,27+,28-/m1/s1. The Morgan fingerprint density at radius 1 is 0.600 bits per heavy atom. The van der Waals surface area contributed by atoms with Crippen LogP contribution >= 0.6 is 0 Å². The first-order chi connectivity index (χ1) is 19.2. The topological polar surface area (TPSA) is 196 Å². The summed E-state index contributed by atoms with van der Waals surface area (Å²) in [5.41, 5.74) is 0. The van der Waals surface area contributed by atoms with Gasteiger partial charge in [0, 0.05) is 6.42 Å². The number of unbranched alkanes of at least 4 members (excludes halogenated alkanes) is 12. The van der Waals surface area contributed by atoms with Gasteiger partial charge in [-0.2, -0.15) is 0 Å². The van der Waals surface area contributed by atoms with E-state index in [4.69, 9.17) is 18.9 Å². The summed E-state index contributed by atoms with van der Waals surface area (Å²) in [6.45, 7) is 1.14. The summed E-state index contributed by atoms with van der Waals surface area (Å²) in [6, 6.07) is 0. The molecule has 0 spiro atoms. The van der Waals surface area contributed by atoms with Crippen LogP contribution in [0.5, 0.6) is 0 Å². The molecule has 40 heavy (non-hydrogen) atoms. The molecular weight excluding hydrogens is 528 g/mol. The number of esters is 1. The number of hydrogen-bond acceptors (Lipinski definition) is 12. The highest BCUT2D eigenvalue weighted by Gasteiger charge is 2.49. The second kappa shape index (κ2) is 19.3. The molecule has 7 N–H and O–H groups in total. The Morgan fingerprint density at radius 3 is 1.50 bits per heavy atom. The summed E-state index contributed by atoms with van der Waals surface area (Å²) < 4.78 is 21.3. The number of aliphatic hydroxyl groups is 7. The molecule has 0 unspecified atom stereocenters. The van der Waals surface area contributed by atoms with E-state index in [0.717, 1.165) is 19.3 Å². The van der Waals surface area contributed by atoms with Gasteiger partial charge >= 0.3 is 5.97 Å². The lowest BCUT2D eigenvalue weighted by Gasteiger charge is -2.44. The minimum Gasteiger partial charge on any atom is -0.463 e. The summed E-state index contributed by atoms with van der Waals surface area (Å²) in [5, 5.41) is 70.1. The number of carbonyl (C=O) groups is 1. The van der Waals surface area contributed by atoms with Crippen LogP contribution in [0.3, 0.4) is 0 Å². The molecule has 10 atom stereocenters. The van der Waals surface area contributed by atoms with Crippen molar-refractivity contribution in [3.63, 3.8) is 0 Å². The van der Waals surface area contributed by atoms with E-state index in [9.17, 15) is 40.5 Å². The number of ether oxygens (including phenoxy) is 4. The third-order valence-corrected chi connectivity index (χ3v) is 7.68. The number of hydrogen-bond donors (Lipinski definition) is 7. The summed E-state index contributed by atoms with van der Waals surface area (Å²) in [6.07, 6.45) is -0.249. The highest BCUT2D eigenvalue weighted by molar-refractivity contribution is 5.69. The molecular formula is C28H52O12. The first-order valence-corrected chi connectivity index (χ1v) is 15.0. The molecule has 0 aromatic carbocycles. The molecule has 236 valence electrons. The van der Waals surface area contributed by atoms with Crippen LogP contribution in [0.2, 0.25) is 0 Å². The van der Waals surface area contributed by atoms with Crippen molar-refractivity contribution >= 4 is 5.97 Å². The summed E-state index contributed by atoms with van der Waals surface area (Å²) >= 11 is 0. The van der Waals surface area contributed by atoms with E-state index in [0.29, 0.717) is 6.42 Å². The maximum Gasteiger partial charge on any atom is 0.305 e. The van der Waals surface area contributed by atoms with Gasteiger partial charge in [0.15, 0.2) is 12.6 Å². The summed E-state index contributed by atoms with van der Waals surface area (Å²) in [4.78, 5) is 12.2. The molecule has 0 amide bonds. The molecule has 2 heterocycles. The second-order valence-electron chi connectivity index (χ2n) is 11.0. The van der Waals surface area contributed by atoms with Crippen molar-refractivity contribution in [2.75, 3.05) is 13.2 Å². The lowest BCUT2D eigenvalue weighted by molar-refractivity contribution is -0.376. The van der Waals surface area contributed by atoms with Gasteiger partial charge in [-0.1, -0.05) is 84.0 Å². The summed E-state index contributed by atoms with van der Waals surface area (Å²) in [7, 11) is 0. The van der Waals surface area contributed by atoms with Crippen LogP contribution in [0.4, 0.5) is 0 Å². The Hall–Kier alpha value is -0.930. The monoisotopic (exact) mass is 580 g/mol. The van der Waals surface area contributed by atoms with Crippen LogP contribution in [0, 0.1) is 0 Å². The van der Waals surface area contributed by atoms with Gasteiger partial charge in [-0.05, 0) is 6.42 Å². The van der Waals surface area contributed by atoms with Crippen LogP contribution in [0.25, 0.3) is 0 Å². The zero-order valence-electron chi connectivity index (χ0n) is 23.8. The molecule has 0 aromatic heterocycles. The van der Waals surface area contributed by atoms with E-state index >= 15 is 0 Å². The van der Waals surface area contributed by atoms with Crippen molar-refractivity contribution in [1.29, 1.82) is 0 Å². The lowest BCUT2D eigenvalue weighted by atomic mass is 9.98. The number of aliphatic hydroxyl groups excluding tert-OH is 7. The minimum atomic E-state index is -1.76. The fraction of sp³-hybridized carbons (Fsp3) is 0.964. The average molecular weight is 581 g/mol. The first kappa shape index (κ1) is 35.3. The Labute approximate surface area is 237 Å². The van der Waals surface area contributed by atoms with E-state index in [1.54, 1.807) is 0 Å². The van der Waals surface area contributed by atoms with Crippen LogP contribution in [-0.4, -0.2) is 116 Å². The fourth-order valence-electron chi connectivity index (χ4n) is 5.01. The van der Waals surface area contributed by atoms with Gasteiger partial charge in [-0.15, -0.1) is 0 Å². The minimum absolute atomic E-state index is 0.205. The third kappa shape index (κ3) is 11.4. The van der Waals surface area contributed by atoms with E-state index < -0.39 is 80.6 Å². The number of carbonyl (C=O) groups excluding carboxylic acids is 1. The van der Waals surface area contributed by atoms with Crippen molar-refractivity contribution in [2.24, 2.45) is 0 Å². The van der Waals surface area contributed by atoms with Crippen molar-refractivity contribution in [3.8, 4) is 0 Å². The Bertz CT molecular complexity index is 680. The van der Waals surface area contributed by atoms with Crippen molar-refractivity contribution in [3.05, 3.63) is 0 Å². The average Bonchev–Trinajstić information content (AvgIpc) is 2.95. The fourth-order valence-corrected chi connectivity index (χ4v) is 5.01. The van der Waals surface area contributed by atoms with Gasteiger partial charge in [0.1, 0.15) is 55.4 Å². The molecule has 2 fully saturated rings. The molecule has 0 aromatic rings. The van der Waals surface area contributed by atoms with Crippen molar-refractivity contribution in [2.45, 2.75) is 158 Å². The van der Waals surface area contributed by atoms with Crippen molar-refractivity contribution < 1.29 is 59.5 Å². The quantitative estimate of drug-likeness (QED) is 0.0833. The zero-order valence-corrected chi connectivity index (χ0v) is 23.8. The van der Waals surface area contributed by atoms with E-state index in [1.165, 1.54) is 57.8 Å². The second-order valence-corrected chi connectivity index (χ2v) is 11.0. The lowest BCUT2D eigenvalue weighted by Crippen LogP contribution is -2.63. The Morgan fingerprint density at radius 2 is 1.02 bits per heavy atom. The van der Waals surface area contributed by atoms with Gasteiger partial charge in [0.2, 0.25) is 0 Å². The van der Waals surface area contributed by atoms with Gasteiger partial charge in [-0.3, -0.25) is 4.79 Å². The van der Waals surface area contributed by atoms with Crippen LogP contribution in [-0.2, 0) is 23.7 Å². The largest absolute Gasteiger partial charge is 0.463 e. The maximum absolute atomic E-state index is 12.2. The Balaban J connectivity index is 1.64. The van der Waals surface area contributed by atoms with E-state index in [-0.39, 0.29) is 6.42 Å². The molecule has 2 saturated heterocycles. The molecule has 0 saturated carbocycles. The van der Waals surface area contributed by atoms with Gasteiger partial charge in [0.25, 0.3) is 0 Å². The third-order valence-electron chi connectivity index (χ3n) is 7.68. The predicted octanol–water partition coefficient (Wildman–Crippen LogP) is 0.635. The van der Waals surface area contributed by atoms with Crippen molar-refractivity contribution in [1.82, 2.24) is 0 Å². The molecule has 2 aliphatic rings. The highest BCUT2D eigenvalue weighted by atomic mass is 16.8. The smallest absolute Gasteiger partial charge is 0.305 e. The normalized spacial score (nSPS) is 34.6. The highest BCUT2D eigenvalue weighted by Crippen LogP contribution is 2.28. The van der Waals surface area contributed by atoms with Gasteiger partial charge < -0.3 is 54.7 Å².